The van der Waals surface area contributed by atoms with E-state index in [4.69, 9.17) is 15.2 Å². The number of benzene rings is 1. The van der Waals surface area contributed by atoms with Gasteiger partial charge in [0.05, 0.1) is 0 Å². The van der Waals surface area contributed by atoms with Crippen molar-refractivity contribution in [3.05, 3.63) is 23.8 Å². The highest BCUT2D eigenvalue weighted by Crippen LogP contribution is 2.36. The van der Waals surface area contributed by atoms with Crippen molar-refractivity contribution in [2.24, 2.45) is 5.73 Å². The van der Waals surface area contributed by atoms with Crippen LogP contribution in [0, 0.1) is 0 Å². The van der Waals surface area contributed by atoms with Crippen LogP contribution in [0.25, 0.3) is 0 Å². The predicted octanol–water partition coefficient (Wildman–Crippen LogP) is 1.12. The highest BCUT2D eigenvalue weighted by Gasteiger charge is 2.29. The number of fused-ring (bicyclic) bond motifs is 1. The summed E-state index contributed by atoms with van der Waals surface area (Å²) in [5.74, 6) is 1.11. The van der Waals surface area contributed by atoms with Gasteiger partial charge >= 0.3 is 0 Å². The molecule has 1 amide bonds. The molecule has 0 saturated heterocycles. The van der Waals surface area contributed by atoms with Crippen LogP contribution in [-0.4, -0.2) is 19.2 Å². The zero-order valence-corrected chi connectivity index (χ0v) is 10.7. The Kier molecular flexibility index (Phi) is 3.43. The molecule has 5 heteroatoms. The maximum Gasteiger partial charge on any atom is 0.231 e. The zero-order chi connectivity index (χ0) is 13.2. The van der Waals surface area contributed by atoms with Gasteiger partial charge in [0.1, 0.15) is 0 Å². The van der Waals surface area contributed by atoms with E-state index in [9.17, 15) is 4.79 Å². The number of carbonyl (C=O) groups excluding carboxylic acids is 1. The van der Waals surface area contributed by atoms with Gasteiger partial charge in [-0.15, -0.1) is 0 Å². The van der Waals surface area contributed by atoms with Crippen molar-refractivity contribution >= 4 is 5.91 Å². The zero-order valence-electron chi connectivity index (χ0n) is 10.7. The second kappa shape index (κ2) is 4.86. The van der Waals surface area contributed by atoms with Gasteiger partial charge in [-0.2, -0.15) is 0 Å². The minimum absolute atomic E-state index is 0.237. The molecule has 1 atom stereocenters. The Labute approximate surface area is 106 Å². The summed E-state index contributed by atoms with van der Waals surface area (Å²) in [6.45, 7) is 4.94. The molecule has 18 heavy (non-hydrogen) atoms. The molecule has 1 unspecified atom stereocenters. The molecule has 0 fully saturated rings. The standard InChI is InChI=1S/C13H18N2O3/c1-3-15-13(2,7-12(14)16)9-4-5-10-11(6-9)18-8-17-10/h4-6,15H,3,7-8H2,1-2H3,(H2,14,16). The summed E-state index contributed by atoms with van der Waals surface area (Å²) in [5.41, 5.74) is 5.80. The average Bonchev–Trinajstić information content (AvgIpc) is 2.74. The first-order valence-corrected chi connectivity index (χ1v) is 5.98. The number of rotatable bonds is 5. The Hall–Kier alpha value is -1.75. The Bertz CT molecular complexity index is 462. The van der Waals surface area contributed by atoms with E-state index in [1.807, 2.05) is 32.0 Å². The Morgan fingerprint density at radius 1 is 1.44 bits per heavy atom. The van der Waals surface area contributed by atoms with Gasteiger partial charge in [-0.05, 0) is 31.2 Å². The van der Waals surface area contributed by atoms with Crippen LogP contribution in [0.4, 0.5) is 0 Å². The molecule has 1 aromatic rings. The van der Waals surface area contributed by atoms with Crippen molar-refractivity contribution < 1.29 is 14.3 Å². The van der Waals surface area contributed by atoms with Gasteiger partial charge in [0.25, 0.3) is 0 Å². The van der Waals surface area contributed by atoms with Crippen molar-refractivity contribution in [3.63, 3.8) is 0 Å². The third kappa shape index (κ3) is 2.41. The molecule has 3 N–H and O–H groups in total. The maximum atomic E-state index is 11.2. The number of hydrogen-bond acceptors (Lipinski definition) is 4. The lowest BCUT2D eigenvalue weighted by Gasteiger charge is -2.30. The summed E-state index contributed by atoms with van der Waals surface area (Å²) >= 11 is 0. The molecule has 98 valence electrons. The molecule has 2 rings (SSSR count). The molecule has 1 aliphatic heterocycles. The van der Waals surface area contributed by atoms with Crippen LogP contribution >= 0.6 is 0 Å². The number of nitrogens with two attached hydrogens (primary N) is 1. The molecule has 1 aromatic carbocycles. The first-order valence-electron chi connectivity index (χ1n) is 5.98. The first kappa shape index (κ1) is 12.7. The second-order valence-corrected chi connectivity index (χ2v) is 4.57. The summed E-state index contributed by atoms with van der Waals surface area (Å²) in [5, 5.41) is 3.30. The van der Waals surface area contributed by atoms with E-state index >= 15 is 0 Å². The normalized spacial score (nSPS) is 16.3. The van der Waals surface area contributed by atoms with Gasteiger partial charge in [0.15, 0.2) is 11.5 Å². The highest BCUT2D eigenvalue weighted by molar-refractivity contribution is 5.75. The van der Waals surface area contributed by atoms with Crippen molar-refractivity contribution in [3.8, 4) is 11.5 Å². The fourth-order valence-corrected chi connectivity index (χ4v) is 2.25. The lowest BCUT2D eigenvalue weighted by Crippen LogP contribution is -2.42. The summed E-state index contributed by atoms with van der Waals surface area (Å²) < 4.78 is 10.6. The molecule has 5 nitrogen and oxygen atoms in total. The van der Waals surface area contributed by atoms with E-state index in [0.29, 0.717) is 5.75 Å². The third-order valence-electron chi connectivity index (χ3n) is 3.10. The number of ether oxygens (including phenoxy) is 2. The summed E-state index contributed by atoms with van der Waals surface area (Å²) in [6, 6.07) is 5.68. The number of amides is 1. The molecule has 0 bridgehead atoms. The number of nitrogens with one attached hydrogen (secondary N) is 1. The molecular formula is C13H18N2O3. The fourth-order valence-electron chi connectivity index (χ4n) is 2.25. The quantitative estimate of drug-likeness (QED) is 0.821. The molecule has 0 spiro atoms. The Morgan fingerprint density at radius 2 is 2.17 bits per heavy atom. The van der Waals surface area contributed by atoms with E-state index in [-0.39, 0.29) is 19.1 Å². The van der Waals surface area contributed by atoms with Crippen LogP contribution in [0.5, 0.6) is 11.5 Å². The van der Waals surface area contributed by atoms with Crippen molar-refractivity contribution in [1.82, 2.24) is 5.32 Å². The van der Waals surface area contributed by atoms with E-state index < -0.39 is 5.54 Å². The monoisotopic (exact) mass is 250 g/mol. The number of primary amides is 1. The van der Waals surface area contributed by atoms with Gasteiger partial charge in [0, 0.05) is 12.0 Å². The van der Waals surface area contributed by atoms with Crippen molar-refractivity contribution in [2.45, 2.75) is 25.8 Å². The molecule has 0 aliphatic carbocycles. The smallest absolute Gasteiger partial charge is 0.231 e. The molecule has 0 aromatic heterocycles. The third-order valence-corrected chi connectivity index (χ3v) is 3.10. The van der Waals surface area contributed by atoms with Crippen LogP contribution in [0.15, 0.2) is 18.2 Å². The van der Waals surface area contributed by atoms with Gasteiger partial charge in [0.2, 0.25) is 12.7 Å². The van der Waals surface area contributed by atoms with Crippen molar-refractivity contribution in [2.75, 3.05) is 13.3 Å². The van der Waals surface area contributed by atoms with Gasteiger partial charge in [-0.3, -0.25) is 4.79 Å². The number of hydrogen-bond donors (Lipinski definition) is 2. The van der Waals surface area contributed by atoms with Crippen molar-refractivity contribution in [1.29, 1.82) is 0 Å². The lowest BCUT2D eigenvalue weighted by molar-refractivity contribution is -0.119. The van der Waals surface area contributed by atoms with Gasteiger partial charge in [-0.25, -0.2) is 0 Å². The lowest BCUT2D eigenvalue weighted by atomic mass is 9.88. The number of carbonyl (C=O) groups is 1. The topological polar surface area (TPSA) is 73.6 Å². The molecule has 1 heterocycles. The Morgan fingerprint density at radius 3 is 2.83 bits per heavy atom. The summed E-state index contributed by atoms with van der Waals surface area (Å²) in [6.07, 6.45) is 0.237. The maximum absolute atomic E-state index is 11.2. The van der Waals surface area contributed by atoms with Crippen LogP contribution in [0.1, 0.15) is 25.8 Å². The van der Waals surface area contributed by atoms with Crippen LogP contribution < -0.4 is 20.5 Å². The van der Waals surface area contributed by atoms with E-state index in [1.165, 1.54) is 0 Å². The molecule has 0 radical (unpaired) electrons. The fraction of sp³-hybridized carbons (Fsp3) is 0.462. The minimum Gasteiger partial charge on any atom is -0.454 e. The van der Waals surface area contributed by atoms with E-state index in [2.05, 4.69) is 5.32 Å². The molecule has 0 saturated carbocycles. The Balaban J connectivity index is 2.33. The molecular weight excluding hydrogens is 232 g/mol. The average molecular weight is 250 g/mol. The van der Waals surface area contributed by atoms with E-state index in [0.717, 1.165) is 17.9 Å². The predicted molar refractivity (Wildman–Crippen MR) is 67.4 cm³/mol. The molecule has 1 aliphatic rings. The van der Waals surface area contributed by atoms with E-state index in [1.54, 1.807) is 0 Å². The largest absolute Gasteiger partial charge is 0.454 e. The van der Waals surface area contributed by atoms with Crippen LogP contribution in [0.3, 0.4) is 0 Å². The minimum atomic E-state index is -0.485. The first-order chi connectivity index (χ1) is 8.55. The summed E-state index contributed by atoms with van der Waals surface area (Å²) in [7, 11) is 0. The second-order valence-electron chi connectivity index (χ2n) is 4.57. The van der Waals surface area contributed by atoms with Crippen LogP contribution in [0.2, 0.25) is 0 Å². The van der Waals surface area contributed by atoms with Crippen LogP contribution in [-0.2, 0) is 10.3 Å². The SMILES string of the molecule is CCNC(C)(CC(N)=O)c1ccc2c(c1)OCO2. The summed E-state index contributed by atoms with van der Waals surface area (Å²) in [4.78, 5) is 11.2. The van der Waals surface area contributed by atoms with Gasteiger partial charge < -0.3 is 20.5 Å². The highest BCUT2D eigenvalue weighted by atomic mass is 16.7. The van der Waals surface area contributed by atoms with Gasteiger partial charge in [-0.1, -0.05) is 13.0 Å².